The molecule has 5 atom stereocenters. The predicted molar refractivity (Wildman–Crippen MR) is 119 cm³/mol. The van der Waals surface area contributed by atoms with Crippen molar-refractivity contribution in [1.82, 2.24) is 0 Å². The highest BCUT2D eigenvalue weighted by Gasteiger charge is 2.24. The number of hydrogen-bond donors (Lipinski definition) is 2. The van der Waals surface area contributed by atoms with E-state index in [9.17, 15) is 15.0 Å². The normalized spacial score (nSPS) is 32.3. The summed E-state index contributed by atoms with van der Waals surface area (Å²) < 4.78 is 5.70. The molecule has 0 amide bonds. The Balaban J connectivity index is 3.14. The lowest BCUT2D eigenvalue weighted by molar-refractivity contribution is -0.154. The zero-order valence-corrected chi connectivity index (χ0v) is 19.1. The predicted octanol–water partition coefficient (Wildman–Crippen LogP) is 5.27. The van der Waals surface area contributed by atoms with Crippen LogP contribution in [-0.4, -0.2) is 34.5 Å². The van der Waals surface area contributed by atoms with E-state index in [-0.39, 0.29) is 5.92 Å². The van der Waals surface area contributed by atoms with Gasteiger partial charge in [-0.05, 0) is 84.8 Å². The van der Waals surface area contributed by atoms with Crippen LogP contribution in [0.25, 0.3) is 0 Å². The first kappa shape index (κ1) is 25.4. The summed E-state index contributed by atoms with van der Waals surface area (Å²) >= 11 is 0. The summed E-state index contributed by atoms with van der Waals surface area (Å²) in [7, 11) is 0. The van der Waals surface area contributed by atoms with E-state index in [4.69, 9.17) is 4.74 Å². The maximum atomic E-state index is 12.4. The van der Waals surface area contributed by atoms with Crippen molar-refractivity contribution in [2.45, 2.75) is 92.0 Å². The van der Waals surface area contributed by atoms with Crippen LogP contribution in [0.2, 0.25) is 0 Å². The number of esters is 1. The molecule has 164 valence electrons. The van der Waals surface area contributed by atoms with Crippen LogP contribution in [-0.2, 0) is 9.53 Å². The summed E-state index contributed by atoms with van der Waals surface area (Å²) in [6.07, 6.45) is 8.46. The fraction of sp³-hybridized carbons (Fsp3) is 0.640. The lowest BCUT2D eigenvalue weighted by Gasteiger charge is -2.23. The second kappa shape index (κ2) is 12.1. The van der Waals surface area contributed by atoms with Gasteiger partial charge in [-0.15, -0.1) is 0 Å². The zero-order chi connectivity index (χ0) is 22.1. The third-order valence-electron chi connectivity index (χ3n) is 5.85. The highest BCUT2D eigenvalue weighted by Crippen LogP contribution is 2.26. The molecule has 0 saturated carbocycles. The molecule has 2 unspecified atom stereocenters. The molecule has 0 bridgehead atoms. The number of rotatable bonds is 4. The van der Waals surface area contributed by atoms with Gasteiger partial charge in [-0.25, -0.2) is 0 Å². The topological polar surface area (TPSA) is 66.8 Å². The standard InChI is InChI=1S/C25H40O4/c1-16(2)22-12-11-17(3)9-8-10-18(4)13-23(14-19(5)24(27)15-22)29-25(28)20(6)21(7)26/h10-11,14,20-24,26-27H,1,8-9,12-13,15H2,2-7H3/b17-11+,18-10+,19-14+/t20?,21?,22-,23+,24-/m0/s1. The van der Waals surface area contributed by atoms with Gasteiger partial charge in [-0.3, -0.25) is 4.79 Å². The summed E-state index contributed by atoms with van der Waals surface area (Å²) in [5.41, 5.74) is 4.35. The lowest BCUT2D eigenvalue weighted by atomic mass is 9.88. The Hall–Kier alpha value is -1.65. The van der Waals surface area contributed by atoms with Gasteiger partial charge in [0, 0.05) is 6.42 Å². The molecule has 0 aromatic rings. The third-order valence-corrected chi connectivity index (χ3v) is 5.85. The van der Waals surface area contributed by atoms with Crippen molar-refractivity contribution in [3.63, 3.8) is 0 Å². The summed E-state index contributed by atoms with van der Waals surface area (Å²) in [5, 5.41) is 20.5. The molecular formula is C25H40O4. The minimum absolute atomic E-state index is 0.208. The van der Waals surface area contributed by atoms with Gasteiger partial charge in [0.15, 0.2) is 0 Å². The maximum Gasteiger partial charge on any atom is 0.311 e. The summed E-state index contributed by atoms with van der Waals surface area (Å²) in [6, 6.07) is 0. The van der Waals surface area contributed by atoms with Crippen molar-refractivity contribution >= 4 is 5.97 Å². The summed E-state index contributed by atoms with van der Waals surface area (Å²) in [4.78, 5) is 12.4. The molecule has 2 N–H and O–H groups in total. The minimum atomic E-state index is -0.764. The number of ether oxygens (including phenoxy) is 1. The molecule has 4 heteroatoms. The van der Waals surface area contributed by atoms with Crippen LogP contribution < -0.4 is 0 Å². The fourth-order valence-electron chi connectivity index (χ4n) is 3.34. The van der Waals surface area contributed by atoms with Crippen LogP contribution in [0, 0.1) is 11.8 Å². The van der Waals surface area contributed by atoms with Crippen LogP contribution in [0.5, 0.6) is 0 Å². The lowest BCUT2D eigenvalue weighted by Crippen LogP contribution is -2.29. The van der Waals surface area contributed by atoms with Gasteiger partial charge in [-0.1, -0.05) is 35.5 Å². The average Bonchev–Trinajstić information content (AvgIpc) is 2.62. The second-order valence-corrected chi connectivity index (χ2v) is 8.79. The van der Waals surface area contributed by atoms with E-state index >= 15 is 0 Å². The Kier molecular flexibility index (Phi) is 10.6. The van der Waals surface area contributed by atoms with Gasteiger partial charge >= 0.3 is 5.97 Å². The van der Waals surface area contributed by atoms with E-state index in [2.05, 4.69) is 25.7 Å². The smallest absolute Gasteiger partial charge is 0.311 e. The number of allylic oxidation sites excluding steroid dienone is 4. The van der Waals surface area contributed by atoms with Crippen molar-refractivity contribution in [1.29, 1.82) is 0 Å². The van der Waals surface area contributed by atoms with Gasteiger partial charge in [0.2, 0.25) is 0 Å². The molecule has 0 heterocycles. The average molecular weight is 405 g/mol. The van der Waals surface area contributed by atoms with Gasteiger partial charge in [-0.2, -0.15) is 0 Å². The fourth-order valence-corrected chi connectivity index (χ4v) is 3.34. The Labute approximate surface area is 177 Å². The number of aliphatic hydroxyl groups excluding tert-OH is 2. The molecular weight excluding hydrogens is 364 g/mol. The number of carbonyl (C=O) groups excluding carboxylic acids is 1. The van der Waals surface area contributed by atoms with Crippen molar-refractivity contribution in [2.24, 2.45) is 11.8 Å². The Morgan fingerprint density at radius 2 is 1.86 bits per heavy atom. The van der Waals surface area contributed by atoms with Crippen LogP contribution >= 0.6 is 0 Å². The van der Waals surface area contributed by atoms with E-state index < -0.39 is 30.2 Å². The van der Waals surface area contributed by atoms with Crippen LogP contribution in [0.3, 0.4) is 0 Å². The highest BCUT2D eigenvalue weighted by molar-refractivity contribution is 5.73. The van der Waals surface area contributed by atoms with Crippen molar-refractivity contribution in [3.05, 3.63) is 47.1 Å². The van der Waals surface area contributed by atoms with Gasteiger partial charge in [0.05, 0.1) is 18.1 Å². The van der Waals surface area contributed by atoms with Gasteiger partial charge in [0.25, 0.3) is 0 Å². The Bertz CT molecular complexity index is 654. The molecule has 0 fully saturated rings. The first-order chi connectivity index (χ1) is 13.5. The van der Waals surface area contributed by atoms with E-state index in [1.807, 2.05) is 26.8 Å². The summed E-state index contributed by atoms with van der Waals surface area (Å²) in [5.74, 6) is -0.803. The van der Waals surface area contributed by atoms with Crippen LogP contribution in [0.4, 0.5) is 0 Å². The molecule has 0 radical (unpaired) electrons. The van der Waals surface area contributed by atoms with Gasteiger partial charge < -0.3 is 14.9 Å². The van der Waals surface area contributed by atoms with Gasteiger partial charge in [0.1, 0.15) is 6.10 Å². The number of aliphatic hydroxyl groups is 2. The molecule has 0 aliphatic heterocycles. The molecule has 0 spiro atoms. The molecule has 1 aliphatic carbocycles. The van der Waals surface area contributed by atoms with E-state index in [0.717, 1.165) is 36.0 Å². The van der Waals surface area contributed by atoms with Crippen molar-refractivity contribution < 1.29 is 19.7 Å². The van der Waals surface area contributed by atoms with Crippen LogP contribution in [0.15, 0.2) is 47.1 Å². The molecule has 1 aliphatic rings. The second-order valence-electron chi connectivity index (χ2n) is 8.79. The zero-order valence-electron chi connectivity index (χ0n) is 19.1. The van der Waals surface area contributed by atoms with E-state index in [1.54, 1.807) is 13.8 Å². The number of hydrogen-bond acceptors (Lipinski definition) is 4. The Morgan fingerprint density at radius 1 is 1.21 bits per heavy atom. The monoisotopic (exact) mass is 404 g/mol. The first-order valence-electron chi connectivity index (χ1n) is 10.7. The summed E-state index contributed by atoms with van der Waals surface area (Å²) in [6.45, 7) is 15.4. The maximum absolute atomic E-state index is 12.4. The quantitative estimate of drug-likeness (QED) is 0.495. The largest absolute Gasteiger partial charge is 0.457 e. The number of carbonyl (C=O) groups is 1. The molecule has 29 heavy (non-hydrogen) atoms. The van der Waals surface area contributed by atoms with Crippen molar-refractivity contribution in [2.75, 3.05) is 0 Å². The molecule has 4 nitrogen and oxygen atoms in total. The first-order valence-corrected chi connectivity index (χ1v) is 10.7. The van der Waals surface area contributed by atoms with Crippen molar-refractivity contribution in [3.8, 4) is 0 Å². The molecule has 0 aromatic heterocycles. The third kappa shape index (κ3) is 9.14. The minimum Gasteiger partial charge on any atom is -0.457 e. The molecule has 1 rings (SSSR count). The molecule has 0 aromatic carbocycles. The Morgan fingerprint density at radius 3 is 2.45 bits per heavy atom. The highest BCUT2D eigenvalue weighted by atomic mass is 16.5. The van der Waals surface area contributed by atoms with E-state index in [1.165, 1.54) is 5.57 Å². The SMILES string of the molecule is C=C(C)[C@H]1C/C=C(\C)CC/C=C(\C)C[C@@H](OC(=O)C(C)C(C)O)/C=C(\C)[C@@H](O)C1. The molecule has 0 saturated heterocycles. The van der Waals surface area contributed by atoms with Crippen LogP contribution in [0.1, 0.15) is 73.6 Å². The van der Waals surface area contributed by atoms with E-state index in [0.29, 0.717) is 12.8 Å².